The van der Waals surface area contributed by atoms with Crippen LogP contribution < -0.4 is 15.5 Å². The van der Waals surface area contributed by atoms with Crippen LogP contribution in [0.4, 0.5) is 11.8 Å². The van der Waals surface area contributed by atoms with Crippen molar-refractivity contribution in [2.24, 2.45) is 0 Å². The lowest BCUT2D eigenvalue weighted by atomic mass is 10.2. The number of likely N-dealkylation sites (N-methyl/N-ethyl adjacent to an activating group) is 1. The molecule has 0 bridgehead atoms. The first kappa shape index (κ1) is 14.8. The van der Waals surface area contributed by atoms with Gasteiger partial charge in [-0.05, 0) is 6.92 Å². The summed E-state index contributed by atoms with van der Waals surface area (Å²) in [4.78, 5) is 22.4. The molecule has 1 aliphatic rings. The molecule has 2 N–H and O–H groups in total. The van der Waals surface area contributed by atoms with Gasteiger partial charge in [0.25, 0.3) is 0 Å². The topological polar surface area (TPSA) is 79.4 Å². The fourth-order valence-corrected chi connectivity index (χ4v) is 2.25. The van der Waals surface area contributed by atoms with Crippen LogP contribution in [0.15, 0.2) is 6.20 Å². The van der Waals surface area contributed by atoms with Gasteiger partial charge in [0, 0.05) is 20.1 Å². The van der Waals surface area contributed by atoms with Crippen LogP contribution in [0.3, 0.4) is 0 Å². The second kappa shape index (κ2) is 6.71. The van der Waals surface area contributed by atoms with Crippen LogP contribution in [-0.2, 0) is 9.53 Å². The predicted molar refractivity (Wildman–Crippen MR) is 77.2 cm³/mol. The van der Waals surface area contributed by atoms with E-state index in [1.165, 1.54) is 6.20 Å². The minimum absolute atomic E-state index is 0.0899. The van der Waals surface area contributed by atoms with Crippen molar-refractivity contribution >= 4 is 29.3 Å². The van der Waals surface area contributed by atoms with Crippen LogP contribution in [0.2, 0.25) is 5.02 Å². The number of aromatic nitrogens is 2. The number of nitrogens with zero attached hydrogens (tertiary/aromatic N) is 3. The van der Waals surface area contributed by atoms with Gasteiger partial charge >= 0.3 is 0 Å². The molecule has 0 aliphatic carbocycles. The molecule has 1 aliphatic heterocycles. The molecule has 1 unspecified atom stereocenters. The zero-order valence-electron chi connectivity index (χ0n) is 11.5. The number of carbonyl (C=O) groups excluding carboxylic acids is 1. The Morgan fingerprint density at radius 3 is 3.15 bits per heavy atom. The standard InChI is InChI=1S/C12H18ClN5O2/c1-3-15-11(19)9-7-20-5-4-18(9)10-8(13)6-16-12(14-2)17-10/h6,9H,3-5,7H2,1-2H3,(H,15,19)(H,14,16,17). The summed E-state index contributed by atoms with van der Waals surface area (Å²) in [7, 11) is 1.73. The van der Waals surface area contributed by atoms with E-state index in [2.05, 4.69) is 20.6 Å². The van der Waals surface area contributed by atoms with E-state index >= 15 is 0 Å². The maximum absolute atomic E-state index is 12.1. The maximum atomic E-state index is 12.1. The first-order valence-corrected chi connectivity index (χ1v) is 6.87. The summed E-state index contributed by atoms with van der Waals surface area (Å²) in [6.45, 7) is 3.86. The van der Waals surface area contributed by atoms with Crippen LogP contribution in [-0.4, -0.2) is 55.3 Å². The Hall–Kier alpha value is -1.60. The van der Waals surface area contributed by atoms with Gasteiger partial charge in [0.15, 0.2) is 5.82 Å². The number of carbonyl (C=O) groups is 1. The van der Waals surface area contributed by atoms with Crippen molar-refractivity contribution in [3.8, 4) is 0 Å². The highest BCUT2D eigenvalue weighted by molar-refractivity contribution is 6.32. The molecule has 0 radical (unpaired) electrons. The molecule has 1 saturated heterocycles. The lowest BCUT2D eigenvalue weighted by Crippen LogP contribution is -2.54. The van der Waals surface area contributed by atoms with Crippen molar-refractivity contribution in [1.29, 1.82) is 0 Å². The number of hydrogen-bond donors (Lipinski definition) is 2. The van der Waals surface area contributed by atoms with Crippen molar-refractivity contribution in [2.45, 2.75) is 13.0 Å². The Bertz CT molecular complexity index is 485. The molecular formula is C12H18ClN5O2. The molecule has 0 aromatic carbocycles. The highest BCUT2D eigenvalue weighted by Gasteiger charge is 2.31. The maximum Gasteiger partial charge on any atom is 0.245 e. The molecule has 1 amide bonds. The van der Waals surface area contributed by atoms with Gasteiger partial charge in [0.1, 0.15) is 11.1 Å². The summed E-state index contributed by atoms with van der Waals surface area (Å²) in [5.74, 6) is 0.920. The Morgan fingerprint density at radius 1 is 1.65 bits per heavy atom. The van der Waals surface area contributed by atoms with Gasteiger partial charge in [-0.2, -0.15) is 4.98 Å². The highest BCUT2D eigenvalue weighted by Crippen LogP contribution is 2.26. The minimum Gasteiger partial charge on any atom is -0.377 e. The molecule has 0 saturated carbocycles. The zero-order valence-corrected chi connectivity index (χ0v) is 12.3. The van der Waals surface area contributed by atoms with Crippen LogP contribution in [0.25, 0.3) is 0 Å². The SMILES string of the molecule is CCNC(=O)C1COCCN1c1nc(NC)ncc1Cl. The van der Waals surface area contributed by atoms with Gasteiger partial charge in [-0.25, -0.2) is 4.98 Å². The Balaban J connectivity index is 2.29. The molecule has 7 nitrogen and oxygen atoms in total. The molecule has 1 atom stereocenters. The number of nitrogens with one attached hydrogen (secondary N) is 2. The van der Waals surface area contributed by atoms with E-state index in [4.69, 9.17) is 16.3 Å². The van der Waals surface area contributed by atoms with E-state index in [1.807, 2.05) is 11.8 Å². The number of hydrogen-bond acceptors (Lipinski definition) is 6. The first-order valence-electron chi connectivity index (χ1n) is 6.49. The summed E-state index contributed by atoms with van der Waals surface area (Å²) >= 11 is 6.17. The number of ether oxygens (including phenoxy) is 1. The molecular weight excluding hydrogens is 282 g/mol. The number of halogens is 1. The third-order valence-corrected chi connectivity index (χ3v) is 3.27. The highest BCUT2D eigenvalue weighted by atomic mass is 35.5. The third kappa shape index (κ3) is 3.10. The van der Waals surface area contributed by atoms with Crippen molar-refractivity contribution in [3.05, 3.63) is 11.2 Å². The number of rotatable bonds is 4. The monoisotopic (exact) mass is 299 g/mol. The summed E-state index contributed by atoms with van der Waals surface area (Å²) in [5, 5.41) is 6.08. The minimum atomic E-state index is -0.430. The van der Waals surface area contributed by atoms with Gasteiger partial charge in [0.05, 0.1) is 19.4 Å². The van der Waals surface area contributed by atoms with E-state index in [0.717, 1.165) is 0 Å². The van der Waals surface area contributed by atoms with E-state index in [1.54, 1.807) is 7.05 Å². The number of morpholine rings is 1. The molecule has 1 aromatic heterocycles. The molecule has 0 spiro atoms. The number of amides is 1. The molecule has 8 heteroatoms. The van der Waals surface area contributed by atoms with Gasteiger partial charge in [-0.1, -0.05) is 11.6 Å². The lowest BCUT2D eigenvalue weighted by molar-refractivity contribution is -0.124. The normalized spacial score (nSPS) is 18.8. The molecule has 2 heterocycles. The average molecular weight is 300 g/mol. The predicted octanol–water partition coefficient (Wildman–Crippen LogP) is 0.513. The largest absolute Gasteiger partial charge is 0.377 e. The molecule has 2 rings (SSSR count). The van der Waals surface area contributed by atoms with E-state index in [-0.39, 0.29) is 5.91 Å². The van der Waals surface area contributed by atoms with Gasteiger partial charge in [0.2, 0.25) is 11.9 Å². The van der Waals surface area contributed by atoms with Crippen LogP contribution in [0.1, 0.15) is 6.92 Å². The average Bonchev–Trinajstić information content (AvgIpc) is 2.48. The fourth-order valence-electron chi connectivity index (χ4n) is 2.05. The molecule has 1 aromatic rings. The summed E-state index contributed by atoms with van der Waals surface area (Å²) < 4.78 is 5.39. The Labute approximate surface area is 122 Å². The zero-order chi connectivity index (χ0) is 14.5. The smallest absolute Gasteiger partial charge is 0.245 e. The van der Waals surface area contributed by atoms with Crippen molar-refractivity contribution < 1.29 is 9.53 Å². The van der Waals surface area contributed by atoms with Crippen molar-refractivity contribution in [2.75, 3.05) is 43.6 Å². The van der Waals surface area contributed by atoms with Crippen LogP contribution in [0.5, 0.6) is 0 Å². The number of anilines is 2. The van der Waals surface area contributed by atoms with Gasteiger partial charge in [-0.3, -0.25) is 4.79 Å². The van der Waals surface area contributed by atoms with E-state index in [9.17, 15) is 4.79 Å². The van der Waals surface area contributed by atoms with E-state index < -0.39 is 6.04 Å². The fraction of sp³-hybridized carbons (Fsp3) is 0.583. The summed E-state index contributed by atoms with van der Waals surface area (Å²) in [5.41, 5.74) is 0. The molecule has 20 heavy (non-hydrogen) atoms. The lowest BCUT2D eigenvalue weighted by Gasteiger charge is -2.35. The third-order valence-electron chi connectivity index (χ3n) is 3.00. The van der Waals surface area contributed by atoms with Crippen LogP contribution in [0, 0.1) is 0 Å². The second-order valence-corrected chi connectivity index (χ2v) is 4.70. The van der Waals surface area contributed by atoms with Crippen LogP contribution >= 0.6 is 11.6 Å². The first-order chi connectivity index (χ1) is 9.67. The molecule has 110 valence electrons. The van der Waals surface area contributed by atoms with Crippen molar-refractivity contribution in [3.63, 3.8) is 0 Å². The van der Waals surface area contributed by atoms with Gasteiger partial charge in [-0.15, -0.1) is 0 Å². The second-order valence-electron chi connectivity index (χ2n) is 4.29. The molecule has 1 fully saturated rings. The Kier molecular flexibility index (Phi) is 4.97. The Morgan fingerprint density at radius 2 is 2.45 bits per heavy atom. The quantitative estimate of drug-likeness (QED) is 0.843. The van der Waals surface area contributed by atoms with Gasteiger partial charge < -0.3 is 20.3 Å². The summed E-state index contributed by atoms with van der Waals surface area (Å²) in [6.07, 6.45) is 1.53. The van der Waals surface area contributed by atoms with Crippen molar-refractivity contribution in [1.82, 2.24) is 15.3 Å². The van der Waals surface area contributed by atoms with E-state index in [0.29, 0.717) is 43.1 Å². The summed E-state index contributed by atoms with van der Waals surface area (Å²) in [6, 6.07) is -0.430.